The second-order valence-corrected chi connectivity index (χ2v) is 10.8. The molecule has 0 spiro atoms. The third kappa shape index (κ3) is 4.19. The van der Waals surface area contributed by atoms with Crippen LogP contribution in [-0.2, 0) is 21.7 Å². The number of hydrogen-bond acceptors (Lipinski definition) is 6. The number of carbonyl (C=O) groups is 1. The molecular weight excluding hydrogens is 360 g/mol. The second-order valence-electron chi connectivity index (χ2n) is 7.27. The van der Waals surface area contributed by atoms with Crippen molar-refractivity contribution in [3.63, 3.8) is 0 Å². The maximum absolute atomic E-state index is 12.6. The van der Waals surface area contributed by atoms with Crippen molar-refractivity contribution in [3.05, 3.63) is 5.82 Å². The molecule has 2 fully saturated rings. The predicted molar refractivity (Wildman–Crippen MR) is 97.3 cm³/mol. The minimum absolute atomic E-state index is 0.0913. The topological polar surface area (TPSA) is 85.2 Å². The van der Waals surface area contributed by atoms with Gasteiger partial charge in [0.2, 0.25) is 5.91 Å². The quantitative estimate of drug-likeness (QED) is 0.728. The van der Waals surface area contributed by atoms with E-state index in [1.54, 1.807) is 0 Å². The Balaban J connectivity index is 1.64. The van der Waals surface area contributed by atoms with E-state index in [0.29, 0.717) is 23.3 Å². The fourth-order valence-electron chi connectivity index (χ4n) is 3.48. The SMILES string of the molecule is CC1CCN(C(=O)[C@H](C)Sc2nnc([C@@H]3CCS(=O)(=O)C3)n2C)CC1. The third-order valence-corrected chi connectivity index (χ3v) is 8.08. The molecule has 0 N–H and O–H groups in total. The number of hydrogen-bond donors (Lipinski definition) is 0. The second kappa shape index (κ2) is 7.26. The maximum atomic E-state index is 12.6. The highest BCUT2D eigenvalue weighted by Gasteiger charge is 2.33. The van der Waals surface area contributed by atoms with Gasteiger partial charge in [-0.2, -0.15) is 0 Å². The van der Waals surface area contributed by atoms with E-state index in [2.05, 4.69) is 17.1 Å². The Morgan fingerprint density at radius 2 is 1.92 bits per heavy atom. The Bertz CT molecular complexity index is 739. The molecule has 0 radical (unpaired) electrons. The van der Waals surface area contributed by atoms with Gasteiger partial charge in [0.25, 0.3) is 0 Å². The molecule has 2 aliphatic rings. The minimum Gasteiger partial charge on any atom is -0.342 e. The van der Waals surface area contributed by atoms with Crippen molar-refractivity contribution in [1.82, 2.24) is 19.7 Å². The number of amides is 1. The van der Waals surface area contributed by atoms with Gasteiger partial charge in [0.05, 0.1) is 16.8 Å². The first kappa shape index (κ1) is 18.7. The van der Waals surface area contributed by atoms with Gasteiger partial charge in [-0.15, -0.1) is 10.2 Å². The van der Waals surface area contributed by atoms with Crippen molar-refractivity contribution in [2.75, 3.05) is 24.6 Å². The van der Waals surface area contributed by atoms with Crippen LogP contribution in [0.5, 0.6) is 0 Å². The van der Waals surface area contributed by atoms with Crippen LogP contribution < -0.4 is 0 Å². The first-order chi connectivity index (χ1) is 11.8. The van der Waals surface area contributed by atoms with Gasteiger partial charge in [-0.3, -0.25) is 4.79 Å². The van der Waals surface area contributed by atoms with Gasteiger partial charge in [0.1, 0.15) is 5.82 Å². The molecule has 7 nitrogen and oxygen atoms in total. The molecule has 3 rings (SSSR count). The van der Waals surface area contributed by atoms with Gasteiger partial charge in [-0.1, -0.05) is 18.7 Å². The number of carbonyl (C=O) groups excluding carboxylic acids is 1. The van der Waals surface area contributed by atoms with Crippen molar-refractivity contribution < 1.29 is 13.2 Å². The van der Waals surface area contributed by atoms with Crippen LogP contribution in [0, 0.1) is 5.92 Å². The lowest BCUT2D eigenvalue weighted by Crippen LogP contribution is -2.41. The lowest BCUT2D eigenvalue weighted by Gasteiger charge is -2.31. The predicted octanol–water partition coefficient (Wildman–Crippen LogP) is 1.46. The van der Waals surface area contributed by atoms with Crippen LogP contribution in [0.25, 0.3) is 0 Å². The van der Waals surface area contributed by atoms with Gasteiger partial charge in [0.15, 0.2) is 15.0 Å². The van der Waals surface area contributed by atoms with Crippen molar-refractivity contribution in [2.24, 2.45) is 13.0 Å². The number of piperidine rings is 1. The largest absolute Gasteiger partial charge is 0.342 e. The molecule has 1 amide bonds. The third-order valence-electron chi connectivity index (χ3n) is 5.19. The lowest BCUT2D eigenvalue weighted by atomic mass is 9.99. The zero-order chi connectivity index (χ0) is 18.2. The number of sulfone groups is 1. The molecule has 2 atom stereocenters. The molecule has 140 valence electrons. The lowest BCUT2D eigenvalue weighted by molar-refractivity contribution is -0.131. The molecule has 0 aromatic carbocycles. The summed E-state index contributed by atoms with van der Waals surface area (Å²) in [6, 6.07) is 0. The zero-order valence-corrected chi connectivity index (χ0v) is 16.6. The van der Waals surface area contributed by atoms with E-state index in [4.69, 9.17) is 0 Å². The van der Waals surface area contributed by atoms with E-state index >= 15 is 0 Å². The minimum atomic E-state index is -2.96. The Kier molecular flexibility index (Phi) is 5.43. The summed E-state index contributed by atoms with van der Waals surface area (Å²) in [4.78, 5) is 14.6. The van der Waals surface area contributed by atoms with Gasteiger partial charge >= 0.3 is 0 Å². The zero-order valence-electron chi connectivity index (χ0n) is 15.0. The molecule has 3 heterocycles. The van der Waals surface area contributed by atoms with Gasteiger partial charge < -0.3 is 9.47 Å². The first-order valence-corrected chi connectivity index (χ1v) is 11.5. The van der Waals surface area contributed by atoms with Crippen LogP contribution in [0.4, 0.5) is 0 Å². The van der Waals surface area contributed by atoms with E-state index in [9.17, 15) is 13.2 Å². The molecular formula is C16H26N4O3S2. The van der Waals surface area contributed by atoms with Crippen molar-refractivity contribution in [2.45, 2.75) is 49.4 Å². The molecule has 1 aromatic heterocycles. The highest BCUT2D eigenvalue weighted by molar-refractivity contribution is 8.00. The van der Waals surface area contributed by atoms with Crippen molar-refractivity contribution >= 4 is 27.5 Å². The van der Waals surface area contributed by atoms with E-state index in [-0.39, 0.29) is 28.6 Å². The fraction of sp³-hybridized carbons (Fsp3) is 0.812. The molecule has 25 heavy (non-hydrogen) atoms. The number of nitrogens with zero attached hydrogens (tertiary/aromatic N) is 4. The standard InChI is InChI=1S/C16H26N4O3S2/c1-11-4-7-20(8-5-11)15(21)12(2)24-16-18-17-14(19(16)3)13-6-9-25(22,23)10-13/h11-13H,4-10H2,1-3H3/t12-,13+/m0/s1. The van der Waals surface area contributed by atoms with Gasteiger partial charge in [0, 0.05) is 26.1 Å². The molecule has 0 aliphatic carbocycles. The molecule has 0 saturated carbocycles. The first-order valence-electron chi connectivity index (χ1n) is 8.82. The highest BCUT2D eigenvalue weighted by Crippen LogP contribution is 2.31. The van der Waals surface area contributed by atoms with Crippen molar-refractivity contribution in [1.29, 1.82) is 0 Å². The summed E-state index contributed by atoms with van der Waals surface area (Å²) in [6.45, 7) is 5.79. The van der Waals surface area contributed by atoms with Crippen LogP contribution in [0.15, 0.2) is 5.16 Å². The van der Waals surface area contributed by atoms with E-state index in [1.807, 2.05) is 23.4 Å². The van der Waals surface area contributed by atoms with Crippen LogP contribution in [0.3, 0.4) is 0 Å². The average molecular weight is 387 g/mol. The number of likely N-dealkylation sites (tertiary alicyclic amines) is 1. The molecule has 0 unspecified atom stereocenters. The normalized spacial score (nSPS) is 25.2. The summed E-state index contributed by atoms with van der Waals surface area (Å²) in [6.07, 6.45) is 2.72. The molecule has 2 aliphatic heterocycles. The van der Waals surface area contributed by atoms with Crippen LogP contribution >= 0.6 is 11.8 Å². The smallest absolute Gasteiger partial charge is 0.235 e. The highest BCUT2D eigenvalue weighted by atomic mass is 32.2. The summed E-state index contributed by atoms with van der Waals surface area (Å²) >= 11 is 1.40. The number of aromatic nitrogens is 3. The number of rotatable bonds is 4. The average Bonchev–Trinajstić information content (AvgIpc) is 3.10. The summed E-state index contributed by atoms with van der Waals surface area (Å²) in [5.41, 5.74) is 0. The summed E-state index contributed by atoms with van der Waals surface area (Å²) in [5, 5.41) is 8.85. The van der Waals surface area contributed by atoms with Crippen LogP contribution in [0.1, 0.15) is 44.9 Å². The molecule has 1 aromatic rings. The Morgan fingerprint density at radius 3 is 2.52 bits per heavy atom. The van der Waals surface area contributed by atoms with E-state index < -0.39 is 9.84 Å². The van der Waals surface area contributed by atoms with Gasteiger partial charge in [-0.05, 0) is 32.1 Å². The Morgan fingerprint density at radius 1 is 1.24 bits per heavy atom. The summed E-state index contributed by atoms with van der Waals surface area (Å²) < 4.78 is 25.2. The van der Waals surface area contributed by atoms with E-state index in [1.165, 1.54) is 11.8 Å². The van der Waals surface area contributed by atoms with Crippen LogP contribution in [0.2, 0.25) is 0 Å². The summed E-state index contributed by atoms with van der Waals surface area (Å²) in [7, 11) is -1.11. The van der Waals surface area contributed by atoms with Gasteiger partial charge in [-0.25, -0.2) is 8.42 Å². The monoisotopic (exact) mass is 386 g/mol. The Hall–Kier alpha value is -1.09. The Labute approximate surface area is 153 Å². The van der Waals surface area contributed by atoms with Crippen molar-refractivity contribution in [3.8, 4) is 0 Å². The molecule has 0 bridgehead atoms. The van der Waals surface area contributed by atoms with E-state index in [0.717, 1.165) is 25.9 Å². The number of thioether (sulfide) groups is 1. The molecule has 9 heteroatoms. The molecule has 2 saturated heterocycles. The van der Waals surface area contributed by atoms with Crippen LogP contribution in [-0.4, -0.2) is 63.8 Å². The fourth-order valence-corrected chi connectivity index (χ4v) is 6.12. The maximum Gasteiger partial charge on any atom is 0.235 e. The summed E-state index contributed by atoms with van der Waals surface area (Å²) in [5.74, 6) is 1.81.